The summed E-state index contributed by atoms with van der Waals surface area (Å²) in [6.45, 7) is 0. The number of nitrogens with zero attached hydrogens (tertiary/aromatic N) is 3. The molecular weight excluding hydrogens is 368 g/mol. The second kappa shape index (κ2) is 7.77. The van der Waals surface area contributed by atoms with Crippen molar-refractivity contribution in [3.8, 4) is 10.6 Å². The molecule has 4 nitrogen and oxygen atoms in total. The highest BCUT2D eigenvalue weighted by Gasteiger charge is 2.07. The van der Waals surface area contributed by atoms with Crippen LogP contribution in [0.1, 0.15) is 17.1 Å². The van der Waals surface area contributed by atoms with Crippen molar-refractivity contribution in [1.82, 2.24) is 20.2 Å². The third-order valence-electron chi connectivity index (χ3n) is 3.38. The molecule has 25 heavy (non-hydrogen) atoms. The van der Waals surface area contributed by atoms with Gasteiger partial charge in [0.2, 0.25) is 5.16 Å². The Labute approximate surface area is 157 Å². The van der Waals surface area contributed by atoms with Crippen molar-refractivity contribution in [2.75, 3.05) is 0 Å². The maximum Gasteiger partial charge on any atom is 0.209 e. The molecule has 4 rings (SSSR count). The average Bonchev–Trinajstić information content (AvgIpc) is 3.40. The molecule has 7 heteroatoms. The van der Waals surface area contributed by atoms with Crippen LogP contribution in [-0.4, -0.2) is 20.2 Å². The lowest BCUT2D eigenvalue weighted by Crippen LogP contribution is -1.82. The summed E-state index contributed by atoms with van der Waals surface area (Å²) in [6, 6.07) is 12.2. The smallest absolute Gasteiger partial charge is 0.209 e. The molecule has 0 aliphatic rings. The minimum atomic E-state index is 0.734. The van der Waals surface area contributed by atoms with Gasteiger partial charge in [-0.1, -0.05) is 48.2 Å². The normalized spacial score (nSPS) is 11.4. The van der Waals surface area contributed by atoms with E-state index in [4.69, 9.17) is 0 Å². The fourth-order valence-corrected chi connectivity index (χ4v) is 4.50. The summed E-state index contributed by atoms with van der Waals surface area (Å²) in [6.07, 6.45) is 3.95. The van der Waals surface area contributed by atoms with Crippen LogP contribution in [0.3, 0.4) is 0 Å². The van der Waals surface area contributed by atoms with E-state index in [9.17, 15) is 0 Å². The number of hydrogen-bond donors (Lipinski definition) is 1. The van der Waals surface area contributed by atoms with Crippen molar-refractivity contribution in [2.45, 2.75) is 10.9 Å². The number of H-pyrrole nitrogens is 1. The Kier molecular flexibility index (Phi) is 5.06. The number of thioether (sulfide) groups is 1. The summed E-state index contributed by atoms with van der Waals surface area (Å²) in [5.74, 6) is 1.52. The molecule has 124 valence electrons. The summed E-state index contributed by atoms with van der Waals surface area (Å²) >= 11 is 4.95. The van der Waals surface area contributed by atoms with Crippen LogP contribution >= 0.6 is 34.4 Å². The van der Waals surface area contributed by atoms with E-state index in [-0.39, 0.29) is 0 Å². The first-order chi connectivity index (χ1) is 12.4. The lowest BCUT2D eigenvalue weighted by molar-refractivity contribution is 0.971. The highest BCUT2D eigenvalue weighted by molar-refractivity contribution is 7.98. The third kappa shape index (κ3) is 4.25. The molecule has 1 aromatic carbocycles. The number of nitrogens with one attached hydrogen (secondary N) is 1. The van der Waals surface area contributed by atoms with Crippen LogP contribution in [0.2, 0.25) is 0 Å². The number of rotatable bonds is 6. The summed E-state index contributed by atoms with van der Waals surface area (Å²) in [4.78, 5) is 9.16. The molecule has 1 N–H and O–H groups in total. The minimum Gasteiger partial charge on any atom is -0.259 e. The number of hydrogen-bond acceptors (Lipinski definition) is 6. The molecule has 0 unspecified atom stereocenters. The van der Waals surface area contributed by atoms with Crippen molar-refractivity contribution in [2.24, 2.45) is 0 Å². The van der Waals surface area contributed by atoms with E-state index in [0.717, 1.165) is 33.0 Å². The number of aromatic amines is 1. The van der Waals surface area contributed by atoms with E-state index >= 15 is 0 Å². The lowest BCUT2D eigenvalue weighted by Gasteiger charge is -1.92. The van der Waals surface area contributed by atoms with Gasteiger partial charge in [-0.2, -0.15) is 11.3 Å². The SMILES string of the molecule is C(=C\c1nc(SCc2csc(-c3ccsc3)n2)n[nH]1)/c1ccccc1. The maximum atomic E-state index is 4.68. The summed E-state index contributed by atoms with van der Waals surface area (Å²) < 4.78 is 0. The molecule has 0 bridgehead atoms. The van der Waals surface area contributed by atoms with Gasteiger partial charge in [0.05, 0.1) is 5.69 Å². The zero-order chi connectivity index (χ0) is 16.9. The van der Waals surface area contributed by atoms with Gasteiger partial charge >= 0.3 is 0 Å². The molecule has 0 fully saturated rings. The predicted octanol–water partition coefficient (Wildman–Crippen LogP) is 5.45. The topological polar surface area (TPSA) is 54.5 Å². The third-order valence-corrected chi connectivity index (χ3v) is 5.89. The van der Waals surface area contributed by atoms with Crippen LogP contribution in [-0.2, 0) is 5.75 Å². The Morgan fingerprint density at radius 3 is 2.80 bits per heavy atom. The van der Waals surface area contributed by atoms with Gasteiger partial charge in [-0.05, 0) is 23.1 Å². The predicted molar refractivity (Wildman–Crippen MR) is 107 cm³/mol. The number of aromatic nitrogens is 4. The Hall–Kier alpha value is -2.22. The Morgan fingerprint density at radius 2 is 1.96 bits per heavy atom. The second-order valence-corrected chi connectivity index (χ2v) is 7.77. The van der Waals surface area contributed by atoms with E-state index in [0.29, 0.717) is 0 Å². The van der Waals surface area contributed by atoms with Gasteiger partial charge in [0.25, 0.3) is 0 Å². The zero-order valence-electron chi connectivity index (χ0n) is 13.1. The van der Waals surface area contributed by atoms with E-state index in [1.54, 1.807) is 34.4 Å². The number of thiophene rings is 1. The fraction of sp³-hybridized carbons (Fsp3) is 0.0556. The number of thiazole rings is 1. The molecular formula is C18H14N4S3. The molecule has 3 heterocycles. The van der Waals surface area contributed by atoms with Crippen LogP contribution in [0.5, 0.6) is 0 Å². The van der Waals surface area contributed by atoms with Crippen LogP contribution in [0, 0.1) is 0 Å². The first-order valence-corrected chi connectivity index (χ1v) is 10.4. The maximum absolute atomic E-state index is 4.68. The van der Waals surface area contributed by atoms with Crippen LogP contribution < -0.4 is 0 Å². The Bertz CT molecular complexity index is 955. The van der Waals surface area contributed by atoms with Crippen molar-refractivity contribution in [1.29, 1.82) is 0 Å². The first-order valence-electron chi connectivity index (χ1n) is 7.62. The van der Waals surface area contributed by atoms with Gasteiger partial charge in [-0.15, -0.1) is 16.4 Å². The summed E-state index contributed by atoms with van der Waals surface area (Å²) in [5, 5.41) is 15.3. The second-order valence-electron chi connectivity index (χ2n) is 5.19. The molecule has 0 saturated carbocycles. The standard InChI is InChI=1S/C18H14N4S3/c1-2-4-13(5-3-1)6-7-16-20-18(22-21-16)25-12-15-11-24-17(19-15)14-8-9-23-10-14/h1-11H,12H2,(H,20,21,22)/b7-6+. The van der Waals surface area contributed by atoms with E-state index < -0.39 is 0 Å². The molecule has 4 aromatic rings. The molecule has 0 amide bonds. The first kappa shape index (κ1) is 16.3. The molecule has 0 atom stereocenters. The van der Waals surface area contributed by atoms with Gasteiger partial charge in [-0.25, -0.2) is 9.97 Å². The molecule has 0 aliphatic heterocycles. The highest BCUT2D eigenvalue weighted by Crippen LogP contribution is 2.28. The molecule has 0 radical (unpaired) electrons. The van der Waals surface area contributed by atoms with Crippen LogP contribution in [0.15, 0.2) is 57.7 Å². The van der Waals surface area contributed by atoms with Gasteiger partial charge in [-0.3, -0.25) is 5.10 Å². The average molecular weight is 383 g/mol. The molecule has 0 saturated heterocycles. The minimum absolute atomic E-state index is 0.734. The van der Waals surface area contributed by atoms with E-state index in [1.165, 1.54) is 5.56 Å². The molecule has 3 aromatic heterocycles. The summed E-state index contributed by atoms with van der Waals surface area (Å²) in [5.41, 5.74) is 3.39. The van der Waals surface area contributed by atoms with Crippen LogP contribution in [0.25, 0.3) is 22.7 Å². The van der Waals surface area contributed by atoms with Crippen molar-refractivity contribution in [3.63, 3.8) is 0 Å². The Morgan fingerprint density at radius 1 is 1.04 bits per heavy atom. The van der Waals surface area contributed by atoms with Gasteiger partial charge in [0.1, 0.15) is 10.8 Å². The summed E-state index contributed by atoms with van der Waals surface area (Å²) in [7, 11) is 0. The Balaban J connectivity index is 1.36. The van der Waals surface area contributed by atoms with Gasteiger partial charge < -0.3 is 0 Å². The number of benzene rings is 1. The van der Waals surface area contributed by atoms with Gasteiger partial charge in [0.15, 0.2) is 0 Å². The van der Waals surface area contributed by atoms with E-state index in [2.05, 4.69) is 54.5 Å². The van der Waals surface area contributed by atoms with Crippen molar-refractivity contribution in [3.05, 3.63) is 69.6 Å². The lowest BCUT2D eigenvalue weighted by atomic mass is 10.2. The highest BCUT2D eigenvalue weighted by atomic mass is 32.2. The quantitative estimate of drug-likeness (QED) is 0.450. The fourth-order valence-electron chi connectivity index (χ4n) is 2.17. The largest absolute Gasteiger partial charge is 0.259 e. The van der Waals surface area contributed by atoms with Gasteiger partial charge in [0, 0.05) is 22.1 Å². The molecule has 0 spiro atoms. The van der Waals surface area contributed by atoms with E-state index in [1.807, 2.05) is 30.4 Å². The molecule has 0 aliphatic carbocycles. The van der Waals surface area contributed by atoms with Crippen molar-refractivity contribution >= 4 is 46.6 Å². The van der Waals surface area contributed by atoms with Crippen molar-refractivity contribution < 1.29 is 0 Å². The van der Waals surface area contributed by atoms with Crippen LogP contribution in [0.4, 0.5) is 0 Å². The monoisotopic (exact) mass is 382 g/mol. The zero-order valence-corrected chi connectivity index (χ0v) is 15.6.